The van der Waals surface area contributed by atoms with Gasteiger partial charge in [0.05, 0.1) is 5.39 Å². The Morgan fingerprint density at radius 2 is 1.61 bits per heavy atom. The Kier molecular flexibility index (Phi) is 5.99. The highest BCUT2D eigenvalue weighted by atomic mass is 35.5. The highest BCUT2D eigenvalue weighted by molar-refractivity contribution is 7.19. The van der Waals surface area contributed by atoms with Gasteiger partial charge < -0.3 is 10.1 Å². The quantitative estimate of drug-likeness (QED) is 0.273. The number of thiophene rings is 1. The van der Waals surface area contributed by atoms with Gasteiger partial charge in [-0.15, -0.1) is 11.3 Å². The SMILES string of the molecule is Cc1ccc(-c2c(C)sc3ncnc(Nc4ccc(OCc5ccc(Cl)cc5)cc4)c23)cc1. The van der Waals surface area contributed by atoms with Crippen LogP contribution in [-0.4, -0.2) is 9.97 Å². The molecule has 5 aromatic rings. The summed E-state index contributed by atoms with van der Waals surface area (Å²) < 4.78 is 5.90. The van der Waals surface area contributed by atoms with Crippen molar-refractivity contribution in [1.82, 2.24) is 9.97 Å². The maximum Gasteiger partial charge on any atom is 0.143 e. The minimum Gasteiger partial charge on any atom is -0.489 e. The van der Waals surface area contributed by atoms with Crippen LogP contribution in [0.15, 0.2) is 79.1 Å². The highest BCUT2D eigenvalue weighted by Gasteiger charge is 2.17. The minimum absolute atomic E-state index is 0.491. The van der Waals surface area contributed by atoms with Gasteiger partial charge >= 0.3 is 0 Å². The molecule has 164 valence electrons. The summed E-state index contributed by atoms with van der Waals surface area (Å²) in [6, 6.07) is 24.2. The zero-order chi connectivity index (χ0) is 22.8. The summed E-state index contributed by atoms with van der Waals surface area (Å²) in [7, 11) is 0. The van der Waals surface area contributed by atoms with E-state index >= 15 is 0 Å². The van der Waals surface area contributed by atoms with Crippen LogP contribution in [0.3, 0.4) is 0 Å². The van der Waals surface area contributed by atoms with Gasteiger partial charge in [0.2, 0.25) is 0 Å². The molecule has 0 spiro atoms. The number of fused-ring (bicyclic) bond motifs is 1. The smallest absolute Gasteiger partial charge is 0.143 e. The minimum atomic E-state index is 0.491. The van der Waals surface area contributed by atoms with Gasteiger partial charge in [-0.05, 0) is 61.4 Å². The summed E-state index contributed by atoms with van der Waals surface area (Å²) >= 11 is 7.64. The van der Waals surface area contributed by atoms with Gasteiger partial charge in [-0.2, -0.15) is 0 Å². The van der Waals surface area contributed by atoms with E-state index in [1.807, 2.05) is 48.5 Å². The van der Waals surface area contributed by atoms with Crippen LogP contribution in [-0.2, 0) is 6.61 Å². The molecule has 0 atom stereocenters. The summed E-state index contributed by atoms with van der Waals surface area (Å²) in [4.78, 5) is 11.3. The average Bonchev–Trinajstić information content (AvgIpc) is 3.17. The van der Waals surface area contributed by atoms with E-state index in [-0.39, 0.29) is 0 Å². The number of aryl methyl sites for hydroxylation is 2. The molecule has 2 heterocycles. The van der Waals surface area contributed by atoms with Crippen molar-refractivity contribution in [1.29, 1.82) is 0 Å². The summed E-state index contributed by atoms with van der Waals surface area (Å²) in [5, 5.41) is 5.24. The molecule has 33 heavy (non-hydrogen) atoms. The molecule has 1 N–H and O–H groups in total. The summed E-state index contributed by atoms with van der Waals surface area (Å²) in [5.41, 5.74) is 5.60. The maximum absolute atomic E-state index is 5.95. The van der Waals surface area contributed by atoms with Crippen molar-refractivity contribution < 1.29 is 4.74 Å². The second-order valence-electron chi connectivity index (χ2n) is 7.87. The Morgan fingerprint density at radius 3 is 2.33 bits per heavy atom. The largest absolute Gasteiger partial charge is 0.489 e. The van der Waals surface area contributed by atoms with Gasteiger partial charge in [0.1, 0.15) is 29.3 Å². The molecule has 5 rings (SSSR count). The van der Waals surface area contributed by atoms with Crippen molar-refractivity contribution >= 4 is 44.7 Å². The molecule has 0 fully saturated rings. The number of ether oxygens (including phenoxy) is 1. The van der Waals surface area contributed by atoms with E-state index in [0.717, 1.165) is 38.1 Å². The first-order valence-electron chi connectivity index (χ1n) is 10.6. The van der Waals surface area contributed by atoms with Crippen LogP contribution in [0.5, 0.6) is 5.75 Å². The van der Waals surface area contributed by atoms with Crippen LogP contribution in [0.1, 0.15) is 16.0 Å². The van der Waals surface area contributed by atoms with E-state index < -0.39 is 0 Å². The number of rotatable bonds is 6. The van der Waals surface area contributed by atoms with Crippen LogP contribution >= 0.6 is 22.9 Å². The molecule has 0 aliphatic carbocycles. The van der Waals surface area contributed by atoms with E-state index in [4.69, 9.17) is 16.3 Å². The first-order valence-corrected chi connectivity index (χ1v) is 11.8. The molecular weight excluding hydrogens is 450 g/mol. The number of benzene rings is 3. The molecule has 0 saturated heterocycles. The number of halogens is 1. The second kappa shape index (κ2) is 9.22. The molecule has 0 radical (unpaired) electrons. The van der Waals surface area contributed by atoms with E-state index in [2.05, 4.69) is 53.4 Å². The molecule has 3 aromatic carbocycles. The Labute approximate surface area is 201 Å². The average molecular weight is 472 g/mol. The van der Waals surface area contributed by atoms with Crippen molar-refractivity contribution in [3.63, 3.8) is 0 Å². The standard InChI is InChI=1S/C27H22ClN3OS/c1-17-3-7-20(8-4-17)24-18(2)33-27-25(24)26(29-16-30-27)31-22-11-13-23(14-12-22)32-15-19-5-9-21(28)10-6-19/h3-14,16H,15H2,1-2H3,(H,29,30,31). The molecule has 0 aliphatic rings. The molecule has 0 saturated carbocycles. The molecule has 0 unspecified atom stereocenters. The molecule has 2 aromatic heterocycles. The van der Waals surface area contributed by atoms with Gasteiger partial charge in [-0.3, -0.25) is 0 Å². The maximum atomic E-state index is 5.95. The van der Waals surface area contributed by atoms with E-state index in [1.165, 1.54) is 21.6 Å². The second-order valence-corrected chi connectivity index (χ2v) is 9.51. The van der Waals surface area contributed by atoms with E-state index in [0.29, 0.717) is 6.61 Å². The van der Waals surface area contributed by atoms with Gasteiger partial charge in [-0.25, -0.2) is 9.97 Å². The lowest BCUT2D eigenvalue weighted by atomic mass is 10.0. The molecule has 6 heteroatoms. The Balaban J connectivity index is 1.39. The number of aromatic nitrogens is 2. The van der Waals surface area contributed by atoms with Crippen molar-refractivity contribution in [2.24, 2.45) is 0 Å². The van der Waals surface area contributed by atoms with Crippen molar-refractivity contribution in [3.05, 3.63) is 100 Å². The van der Waals surface area contributed by atoms with Crippen LogP contribution in [0.25, 0.3) is 21.3 Å². The predicted octanol–water partition coefficient (Wildman–Crippen LogP) is 7.95. The first kappa shape index (κ1) is 21.4. The zero-order valence-electron chi connectivity index (χ0n) is 18.3. The van der Waals surface area contributed by atoms with Crippen molar-refractivity contribution in [3.8, 4) is 16.9 Å². The number of nitrogens with one attached hydrogen (secondary N) is 1. The topological polar surface area (TPSA) is 47.0 Å². The lowest BCUT2D eigenvalue weighted by Crippen LogP contribution is -1.97. The summed E-state index contributed by atoms with van der Waals surface area (Å²) in [5.74, 6) is 1.60. The molecule has 0 bridgehead atoms. The van der Waals surface area contributed by atoms with E-state index in [9.17, 15) is 0 Å². The van der Waals surface area contributed by atoms with Gasteiger partial charge in [0.15, 0.2) is 0 Å². The lowest BCUT2D eigenvalue weighted by molar-refractivity contribution is 0.306. The lowest BCUT2D eigenvalue weighted by Gasteiger charge is -2.11. The number of nitrogens with zero attached hydrogens (tertiary/aromatic N) is 2. The van der Waals surface area contributed by atoms with Crippen LogP contribution < -0.4 is 10.1 Å². The molecule has 0 amide bonds. The third-order valence-corrected chi connectivity index (χ3v) is 6.71. The third kappa shape index (κ3) is 4.70. The zero-order valence-corrected chi connectivity index (χ0v) is 19.9. The highest BCUT2D eigenvalue weighted by Crippen LogP contribution is 2.41. The van der Waals surface area contributed by atoms with Crippen LogP contribution in [0.2, 0.25) is 5.02 Å². The number of anilines is 2. The Morgan fingerprint density at radius 1 is 0.879 bits per heavy atom. The monoisotopic (exact) mass is 471 g/mol. The molecule has 4 nitrogen and oxygen atoms in total. The normalized spacial score (nSPS) is 11.0. The third-order valence-electron chi connectivity index (χ3n) is 5.44. The van der Waals surface area contributed by atoms with Gasteiger partial charge in [0.25, 0.3) is 0 Å². The predicted molar refractivity (Wildman–Crippen MR) is 138 cm³/mol. The van der Waals surface area contributed by atoms with E-state index in [1.54, 1.807) is 17.7 Å². The van der Waals surface area contributed by atoms with Gasteiger partial charge in [-0.1, -0.05) is 53.6 Å². The Hall–Kier alpha value is -3.41. The van der Waals surface area contributed by atoms with Crippen LogP contribution in [0, 0.1) is 13.8 Å². The summed E-state index contributed by atoms with van der Waals surface area (Å²) in [6.45, 7) is 4.73. The number of hydrogen-bond donors (Lipinski definition) is 1. The number of hydrogen-bond acceptors (Lipinski definition) is 5. The summed E-state index contributed by atoms with van der Waals surface area (Å²) in [6.07, 6.45) is 1.61. The fourth-order valence-electron chi connectivity index (χ4n) is 3.73. The van der Waals surface area contributed by atoms with Gasteiger partial charge in [0, 0.05) is 21.2 Å². The molecular formula is C27H22ClN3OS. The molecule has 0 aliphatic heterocycles. The Bertz CT molecular complexity index is 1400. The fraction of sp³-hybridized carbons (Fsp3) is 0.111. The fourth-order valence-corrected chi connectivity index (χ4v) is 4.86. The first-order chi connectivity index (χ1) is 16.1. The van der Waals surface area contributed by atoms with Crippen LogP contribution in [0.4, 0.5) is 11.5 Å². The van der Waals surface area contributed by atoms with Crippen molar-refractivity contribution in [2.75, 3.05) is 5.32 Å². The van der Waals surface area contributed by atoms with Crippen molar-refractivity contribution in [2.45, 2.75) is 20.5 Å².